The van der Waals surface area contributed by atoms with E-state index in [9.17, 15) is 9.18 Å². The van der Waals surface area contributed by atoms with Crippen LogP contribution in [0.5, 0.6) is 0 Å². The number of anilines is 1. The van der Waals surface area contributed by atoms with Crippen molar-refractivity contribution in [3.8, 4) is 16.4 Å². The van der Waals surface area contributed by atoms with E-state index < -0.39 is 5.91 Å². The van der Waals surface area contributed by atoms with Crippen molar-refractivity contribution in [3.63, 3.8) is 0 Å². The number of hydrogen-bond acceptors (Lipinski definition) is 5. The van der Waals surface area contributed by atoms with Crippen molar-refractivity contribution in [1.82, 2.24) is 19.7 Å². The van der Waals surface area contributed by atoms with Crippen molar-refractivity contribution in [2.24, 2.45) is 0 Å². The van der Waals surface area contributed by atoms with Crippen LogP contribution in [-0.2, 0) is 6.54 Å². The molecule has 2 aromatic heterocycles. The SMILES string of the molecule is CN(C)Cc1ccccc1NC(=O)c1nc(-c2cccs2)n(-c2cccc(F)c2)n1. The van der Waals surface area contributed by atoms with Crippen molar-refractivity contribution >= 4 is 22.9 Å². The summed E-state index contributed by atoms with van der Waals surface area (Å²) in [5.74, 6) is -0.303. The molecule has 0 unspecified atom stereocenters. The molecule has 4 rings (SSSR count). The van der Waals surface area contributed by atoms with Crippen LogP contribution in [0.15, 0.2) is 66.0 Å². The summed E-state index contributed by atoms with van der Waals surface area (Å²) in [6.07, 6.45) is 0. The summed E-state index contributed by atoms with van der Waals surface area (Å²) in [6, 6.07) is 17.4. The first kappa shape index (κ1) is 19.9. The van der Waals surface area contributed by atoms with Gasteiger partial charge >= 0.3 is 0 Å². The zero-order chi connectivity index (χ0) is 21.1. The molecular formula is C22H20FN5OS. The quantitative estimate of drug-likeness (QED) is 0.500. The van der Waals surface area contributed by atoms with E-state index in [0.29, 0.717) is 23.7 Å². The first-order valence-corrected chi connectivity index (χ1v) is 10.2. The molecule has 0 atom stereocenters. The number of halogens is 1. The van der Waals surface area contributed by atoms with Crippen molar-refractivity contribution in [1.29, 1.82) is 0 Å². The Labute approximate surface area is 177 Å². The fourth-order valence-electron chi connectivity index (χ4n) is 3.06. The van der Waals surface area contributed by atoms with E-state index in [1.165, 1.54) is 28.2 Å². The molecule has 30 heavy (non-hydrogen) atoms. The Morgan fingerprint density at radius 1 is 1.13 bits per heavy atom. The molecule has 0 spiro atoms. The molecule has 0 radical (unpaired) electrons. The third-order valence-corrected chi connectivity index (χ3v) is 5.22. The molecule has 152 valence electrons. The Balaban J connectivity index is 1.70. The van der Waals surface area contributed by atoms with Gasteiger partial charge in [-0.05, 0) is 55.4 Å². The number of nitrogens with zero attached hydrogens (tertiary/aromatic N) is 4. The van der Waals surface area contributed by atoms with Gasteiger partial charge in [0.2, 0.25) is 5.82 Å². The Kier molecular flexibility index (Phi) is 5.69. The van der Waals surface area contributed by atoms with E-state index in [2.05, 4.69) is 15.4 Å². The van der Waals surface area contributed by atoms with Gasteiger partial charge in [-0.2, -0.15) is 0 Å². The minimum Gasteiger partial charge on any atom is -0.319 e. The summed E-state index contributed by atoms with van der Waals surface area (Å²) in [4.78, 5) is 20.3. The van der Waals surface area contributed by atoms with Crippen LogP contribution in [-0.4, -0.2) is 39.7 Å². The second kappa shape index (κ2) is 8.56. The third-order valence-electron chi connectivity index (χ3n) is 4.36. The van der Waals surface area contributed by atoms with Gasteiger partial charge in [-0.1, -0.05) is 30.3 Å². The average Bonchev–Trinajstić information content (AvgIpc) is 3.39. The molecule has 1 amide bonds. The van der Waals surface area contributed by atoms with E-state index in [1.807, 2.05) is 60.8 Å². The lowest BCUT2D eigenvalue weighted by Gasteiger charge is -2.14. The van der Waals surface area contributed by atoms with Crippen LogP contribution in [0.3, 0.4) is 0 Å². The van der Waals surface area contributed by atoms with Crippen molar-refractivity contribution in [3.05, 3.63) is 83.2 Å². The largest absolute Gasteiger partial charge is 0.319 e. The maximum atomic E-state index is 13.8. The molecule has 4 aromatic rings. The van der Waals surface area contributed by atoms with Crippen LogP contribution >= 0.6 is 11.3 Å². The summed E-state index contributed by atoms with van der Waals surface area (Å²) < 4.78 is 15.3. The minimum absolute atomic E-state index is 0.0160. The predicted octanol–water partition coefficient (Wildman–Crippen LogP) is 4.45. The zero-order valence-corrected chi connectivity index (χ0v) is 17.4. The number of benzene rings is 2. The molecular weight excluding hydrogens is 401 g/mol. The summed E-state index contributed by atoms with van der Waals surface area (Å²) in [5, 5.41) is 9.21. The van der Waals surface area contributed by atoms with Gasteiger partial charge in [0.25, 0.3) is 5.91 Å². The monoisotopic (exact) mass is 421 g/mol. The summed E-state index contributed by atoms with van der Waals surface area (Å²) >= 11 is 1.47. The zero-order valence-electron chi connectivity index (χ0n) is 16.5. The van der Waals surface area contributed by atoms with E-state index in [-0.39, 0.29) is 11.6 Å². The van der Waals surface area contributed by atoms with Gasteiger partial charge in [0, 0.05) is 12.2 Å². The molecule has 0 aliphatic carbocycles. The molecule has 0 saturated carbocycles. The van der Waals surface area contributed by atoms with Crippen molar-refractivity contribution in [2.75, 3.05) is 19.4 Å². The van der Waals surface area contributed by atoms with Gasteiger partial charge in [-0.3, -0.25) is 4.79 Å². The lowest BCUT2D eigenvalue weighted by atomic mass is 10.1. The van der Waals surface area contributed by atoms with E-state index >= 15 is 0 Å². The maximum Gasteiger partial charge on any atom is 0.295 e. The highest BCUT2D eigenvalue weighted by molar-refractivity contribution is 7.13. The molecule has 0 bridgehead atoms. The number of aromatic nitrogens is 3. The molecule has 2 aromatic carbocycles. The van der Waals surface area contributed by atoms with Gasteiger partial charge in [0.1, 0.15) is 5.82 Å². The van der Waals surface area contributed by atoms with Gasteiger partial charge in [0.15, 0.2) is 5.82 Å². The number of thiophene rings is 1. The third kappa shape index (κ3) is 4.29. The van der Waals surface area contributed by atoms with Crippen LogP contribution in [0.25, 0.3) is 16.4 Å². The van der Waals surface area contributed by atoms with Crippen LogP contribution in [0.4, 0.5) is 10.1 Å². The van der Waals surface area contributed by atoms with Crippen LogP contribution in [0.2, 0.25) is 0 Å². The number of para-hydroxylation sites is 1. The van der Waals surface area contributed by atoms with E-state index in [1.54, 1.807) is 12.1 Å². The van der Waals surface area contributed by atoms with Crippen LogP contribution < -0.4 is 5.32 Å². The fraction of sp³-hybridized carbons (Fsp3) is 0.136. The second-order valence-electron chi connectivity index (χ2n) is 6.98. The van der Waals surface area contributed by atoms with E-state index in [0.717, 1.165) is 10.4 Å². The number of rotatable bonds is 6. The van der Waals surface area contributed by atoms with Gasteiger partial charge in [-0.15, -0.1) is 16.4 Å². The van der Waals surface area contributed by atoms with Gasteiger partial charge in [0.05, 0.1) is 10.6 Å². The maximum absolute atomic E-state index is 13.8. The van der Waals surface area contributed by atoms with Gasteiger partial charge < -0.3 is 10.2 Å². The highest BCUT2D eigenvalue weighted by atomic mass is 32.1. The molecule has 8 heteroatoms. The summed E-state index contributed by atoms with van der Waals surface area (Å²) in [5.41, 5.74) is 2.19. The molecule has 2 heterocycles. The Morgan fingerprint density at radius 3 is 2.70 bits per heavy atom. The Bertz CT molecular complexity index is 1170. The van der Waals surface area contributed by atoms with E-state index in [4.69, 9.17) is 0 Å². The number of carbonyl (C=O) groups excluding carboxylic acids is 1. The lowest BCUT2D eigenvalue weighted by molar-refractivity contribution is 0.101. The minimum atomic E-state index is -0.422. The predicted molar refractivity (Wildman–Crippen MR) is 116 cm³/mol. The first-order chi connectivity index (χ1) is 14.5. The summed E-state index contributed by atoms with van der Waals surface area (Å²) in [7, 11) is 3.93. The molecule has 0 saturated heterocycles. The normalized spacial score (nSPS) is 11.1. The van der Waals surface area contributed by atoms with Gasteiger partial charge in [-0.25, -0.2) is 14.1 Å². The number of amides is 1. The average molecular weight is 422 g/mol. The van der Waals surface area contributed by atoms with Crippen molar-refractivity contribution in [2.45, 2.75) is 6.54 Å². The molecule has 0 aliphatic heterocycles. The lowest BCUT2D eigenvalue weighted by Crippen LogP contribution is -2.18. The highest BCUT2D eigenvalue weighted by Crippen LogP contribution is 2.26. The molecule has 1 N–H and O–H groups in total. The smallest absolute Gasteiger partial charge is 0.295 e. The first-order valence-electron chi connectivity index (χ1n) is 9.32. The summed E-state index contributed by atoms with van der Waals surface area (Å²) in [6.45, 7) is 0.683. The highest BCUT2D eigenvalue weighted by Gasteiger charge is 2.20. The Morgan fingerprint density at radius 2 is 1.97 bits per heavy atom. The number of hydrogen-bond donors (Lipinski definition) is 1. The standard InChI is InChI=1S/C22H20FN5OS/c1-27(2)14-15-7-3-4-10-18(15)24-22(29)20-25-21(19-11-6-12-30-19)28(26-20)17-9-5-8-16(23)13-17/h3-13H,14H2,1-2H3,(H,24,29). The van der Waals surface area contributed by atoms with Crippen molar-refractivity contribution < 1.29 is 9.18 Å². The topological polar surface area (TPSA) is 63.1 Å². The van der Waals surface area contributed by atoms with Crippen LogP contribution in [0.1, 0.15) is 16.2 Å². The molecule has 0 aliphatic rings. The van der Waals surface area contributed by atoms with Crippen LogP contribution in [0, 0.1) is 5.82 Å². The Hall–Kier alpha value is -3.36. The molecule has 6 nitrogen and oxygen atoms in total. The molecule has 0 fully saturated rings. The number of nitrogens with one attached hydrogen (secondary N) is 1. The second-order valence-corrected chi connectivity index (χ2v) is 7.92. The fourth-order valence-corrected chi connectivity index (χ4v) is 3.76. The number of carbonyl (C=O) groups is 1.